The Hall–Kier alpha value is -3.52. The second-order valence-corrected chi connectivity index (χ2v) is 6.69. The van der Waals surface area contributed by atoms with Gasteiger partial charge in [0.15, 0.2) is 0 Å². The molecular weight excluding hydrogens is 344 g/mol. The van der Waals surface area contributed by atoms with E-state index in [1.807, 2.05) is 84.9 Å². The molecule has 138 valence electrons. The Kier molecular flexibility index (Phi) is 5.39. The van der Waals surface area contributed by atoms with Crippen molar-refractivity contribution in [3.8, 4) is 23.0 Å². The van der Waals surface area contributed by atoms with Crippen LogP contribution < -0.4 is 9.47 Å². The zero-order valence-corrected chi connectivity index (χ0v) is 15.8. The van der Waals surface area contributed by atoms with Crippen molar-refractivity contribution in [1.29, 1.82) is 0 Å². The van der Waals surface area contributed by atoms with Crippen LogP contribution in [0, 0.1) is 0 Å². The molecule has 4 aromatic carbocycles. The largest absolute Gasteiger partial charge is 0.457 e. The molecule has 0 fully saturated rings. The van der Waals surface area contributed by atoms with Crippen LogP contribution in [0.3, 0.4) is 0 Å². The van der Waals surface area contributed by atoms with Crippen LogP contribution in [0.2, 0.25) is 0 Å². The van der Waals surface area contributed by atoms with E-state index in [9.17, 15) is 0 Å². The van der Waals surface area contributed by atoms with Crippen LogP contribution in [0.15, 0.2) is 109 Å². The Bertz CT molecular complexity index is 907. The minimum absolute atomic E-state index is 0.288. The molecule has 0 spiro atoms. The van der Waals surface area contributed by atoms with E-state index in [1.165, 1.54) is 11.1 Å². The highest BCUT2D eigenvalue weighted by atomic mass is 16.5. The summed E-state index contributed by atoms with van der Waals surface area (Å²) in [4.78, 5) is 0. The van der Waals surface area contributed by atoms with Crippen LogP contribution in [0.4, 0.5) is 0 Å². The summed E-state index contributed by atoms with van der Waals surface area (Å²) in [5.41, 5.74) is 2.49. The van der Waals surface area contributed by atoms with Crippen molar-refractivity contribution >= 4 is 0 Å². The lowest BCUT2D eigenvalue weighted by Gasteiger charge is -2.14. The fraction of sp³-hybridized carbons (Fsp3) is 0.0769. The van der Waals surface area contributed by atoms with Crippen molar-refractivity contribution in [3.05, 3.63) is 120 Å². The van der Waals surface area contributed by atoms with Gasteiger partial charge >= 0.3 is 0 Å². The van der Waals surface area contributed by atoms with E-state index in [0.717, 1.165) is 23.0 Å². The molecule has 0 aliphatic carbocycles. The van der Waals surface area contributed by atoms with Crippen molar-refractivity contribution in [2.24, 2.45) is 0 Å². The molecule has 0 amide bonds. The SMILES string of the molecule is CC(c1ccc(Oc2ccccc2)cc1)c1ccc(Oc2ccccc2)cc1. The molecule has 0 radical (unpaired) electrons. The van der Waals surface area contributed by atoms with Gasteiger partial charge in [0, 0.05) is 5.92 Å². The Morgan fingerprint density at radius 1 is 0.429 bits per heavy atom. The van der Waals surface area contributed by atoms with E-state index in [-0.39, 0.29) is 5.92 Å². The van der Waals surface area contributed by atoms with Crippen molar-refractivity contribution in [3.63, 3.8) is 0 Å². The lowest BCUT2D eigenvalue weighted by atomic mass is 9.93. The molecule has 0 heterocycles. The molecule has 0 bridgehead atoms. The van der Waals surface area contributed by atoms with Crippen LogP contribution in [-0.4, -0.2) is 0 Å². The molecule has 4 aromatic rings. The summed E-state index contributed by atoms with van der Waals surface area (Å²) < 4.78 is 11.7. The number of para-hydroxylation sites is 2. The second-order valence-electron chi connectivity index (χ2n) is 6.69. The first-order valence-electron chi connectivity index (χ1n) is 9.44. The fourth-order valence-electron chi connectivity index (χ4n) is 3.09. The van der Waals surface area contributed by atoms with E-state index < -0.39 is 0 Å². The molecule has 4 rings (SSSR count). The average Bonchev–Trinajstić information content (AvgIpc) is 2.76. The maximum atomic E-state index is 5.87. The van der Waals surface area contributed by atoms with Gasteiger partial charge in [-0.15, -0.1) is 0 Å². The first-order chi connectivity index (χ1) is 13.8. The molecule has 2 heteroatoms. The number of rotatable bonds is 6. The Balaban J connectivity index is 1.43. The van der Waals surface area contributed by atoms with E-state index in [2.05, 4.69) is 31.2 Å². The van der Waals surface area contributed by atoms with Crippen molar-refractivity contribution in [1.82, 2.24) is 0 Å². The lowest BCUT2D eigenvalue weighted by Crippen LogP contribution is -1.96. The van der Waals surface area contributed by atoms with E-state index in [4.69, 9.17) is 9.47 Å². The van der Waals surface area contributed by atoms with Crippen molar-refractivity contribution < 1.29 is 9.47 Å². The van der Waals surface area contributed by atoms with Gasteiger partial charge in [0.1, 0.15) is 23.0 Å². The summed E-state index contributed by atoms with van der Waals surface area (Å²) in [6, 6.07) is 36.2. The topological polar surface area (TPSA) is 18.5 Å². The Labute approximate surface area is 166 Å². The first-order valence-corrected chi connectivity index (χ1v) is 9.44. The van der Waals surface area contributed by atoms with Gasteiger partial charge in [-0.3, -0.25) is 0 Å². The summed E-state index contributed by atoms with van der Waals surface area (Å²) in [7, 11) is 0. The van der Waals surface area contributed by atoms with Crippen molar-refractivity contribution in [2.75, 3.05) is 0 Å². The fourth-order valence-corrected chi connectivity index (χ4v) is 3.09. The molecule has 0 aromatic heterocycles. The van der Waals surface area contributed by atoms with Crippen molar-refractivity contribution in [2.45, 2.75) is 12.8 Å². The number of hydrogen-bond donors (Lipinski definition) is 0. The molecule has 0 aliphatic rings. The van der Waals surface area contributed by atoms with Crippen LogP contribution in [0.1, 0.15) is 24.0 Å². The molecule has 0 N–H and O–H groups in total. The highest BCUT2D eigenvalue weighted by Gasteiger charge is 2.09. The molecule has 28 heavy (non-hydrogen) atoms. The van der Waals surface area contributed by atoms with E-state index in [1.54, 1.807) is 0 Å². The highest BCUT2D eigenvalue weighted by Crippen LogP contribution is 2.29. The van der Waals surface area contributed by atoms with Crippen LogP contribution in [-0.2, 0) is 0 Å². The van der Waals surface area contributed by atoms with Crippen LogP contribution >= 0.6 is 0 Å². The minimum atomic E-state index is 0.288. The predicted octanol–water partition coefficient (Wildman–Crippen LogP) is 7.42. The molecular formula is C26H22O2. The van der Waals surface area contributed by atoms with E-state index >= 15 is 0 Å². The van der Waals surface area contributed by atoms with Gasteiger partial charge in [-0.1, -0.05) is 67.6 Å². The summed E-state index contributed by atoms with van der Waals surface area (Å²) in [5.74, 6) is 3.66. The van der Waals surface area contributed by atoms with Gasteiger partial charge < -0.3 is 9.47 Å². The molecule has 0 unspecified atom stereocenters. The van der Waals surface area contributed by atoms with Crippen LogP contribution in [0.25, 0.3) is 0 Å². The normalized spacial score (nSPS) is 10.6. The second kappa shape index (κ2) is 8.45. The van der Waals surface area contributed by atoms with Gasteiger partial charge in [-0.05, 0) is 59.7 Å². The predicted molar refractivity (Wildman–Crippen MR) is 113 cm³/mol. The monoisotopic (exact) mass is 366 g/mol. The van der Waals surface area contributed by atoms with Gasteiger partial charge in [0.05, 0.1) is 0 Å². The average molecular weight is 366 g/mol. The molecule has 0 aliphatic heterocycles. The summed E-state index contributed by atoms with van der Waals surface area (Å²) in [5, 5.41) is 0. The quantitative estimate of drug-likeness (QED) is 0.353. The van der Waals surface area contributed by atoms with Gasteiger partial charge in [0.2, 0.25) is 0 Å². The maximum Gasteiger partial charge on any atom is 0.127 e. The molecule has 2 nitrogen and oxygen atoms in total. The third-order valence-corrected chi connectivity index (χ3v) is 4.72. The number of hydrogen-bond acceptors (Lipinski definition) is 2. The lowest BCUT2D eigenvalue weighted by molar-refractivity contribution is 0.482. The third-order valence-electron chi connectivity index (χ3n) is 4.72. The first kappa shape index (κ1) is 17.9. The molecule has 0 saturated heterocycles. The van der Waals surface area contributed by atoms with Gasteiger partial charge in [-0.25, -0.2) is 0 Å². The standard InChI is InChI=1S/C26H22O2/c1-20(21-12-16-25(17-13-21)27-23-8-4-2-5-9-23)22-14-18-26(19-15-22)28-24-10-6-3-7-11-24/h2-20H,1H3. The molecule has 0 atom stereocenters. The summed E-state index contributed by atoms with van der Waals surface area (Å²) in [6.07, 6.45) is 0. The van der Waals surface area contributed by atoms with Crippen LogP contribution in [0.5, 0.6) is 23.0 Å². The Morgan fingerprint density at radius 3 is 1.11 bits per heavy atom. The van der Waals surface area contributed by atoms with Gasteiger partial charge in [-0.2, -0.15) is 0 Å². The number of benzene rings is 4. The van der Waals surface area contributed by atoms with E-state index in [0.29, 0.717) is 0 Å². The maximum absolute atomic E-state index is 5.87. The number of ether oxygens (including phenoxy) is 2. The third kappa shape index (κ3) is 4.41. The minimum Gasteiger partial charge on any atom is -0.457 e. The summed E-state index contributed by atoms with van der Waals surface area (Å²) >= 11 is 0. The Morgan fingerprint density at radius 2 is 0.750 bits per heavy atom. The van der Waals surface area contributed by atoms with Gasteiger partial charge in [0.25, 0.3) is 0 Å². The zero-order valence-electron chi connectivity index (χ0n) is 15.8. The molecule has 0 saturated carbocycles. The summed E-state index contributed by atoms with van der Waals surface area (Å²) in [6.45, 7) is 2.21. The smallest absolute Gasteiger partial charge is 0.127 e. The zero-order chi connectivity index (χ0) is 19.2. The highest BCUT2D eigenvalue weighted by molar-refractivity contribution is 5.40.